The molecule has 1 unspecified atom stereocenters. The molecule has 0 saturated heterocycles. The Morgan fingerprint density at radius 3 is 2.65 bits per heavy atom. The van der Waals surface area contributed by atoms with Crippen LogP contribution in [0.5, 0.6) is 0 Å². The molecule has 3 heteroatoms. The minimum absolute atomic E-state index is 0.0104. The monoisotopic (exact) mass is 285 g/mol. The van der Waals surface area contributed by atoms with E-state index in [0.29, 0.717) is 0 Å². The predicted octanol–water partition coefficient (Wildman–Crippen LogP) is 3.69. The van der Waals surface area contributed by atoms with Crippen molar-refractivity contribution in [3.63, 3.8) is 0 Å². The Labute approximate surface area is 123 Å². The number of hydrogen-bond donors (Lipinski definition) is 1. The van der Waals surface area contributed by atoms with Crippen LogP contribution in [0, 0.1) is 0 Å². The van der Waals surface area contributed by atoms with Crippen LogP contribution < -0.4 is 5.32 Å². The SMILES string of the molecule is O=C1NCCCc2ccc(C(Cl)c3ccccc3)cc21. The molecule has 0 fully saturated rings. The van der Waals surface area contributed by atoms with Crippen molar-refractivity contribution in [1.29, 1.82) is 0 Å². The number of halogens is 1. The van der Waals surface area contributed by atoms with Crippen molar-refractivity contribution in [3.8, 4) is 0 Å². The maximum absolute atomic E-state index is 12.1. The molecule has 2 nitrogen and oxygen atoms in total. The molecule has 0 bridgehead atoms. The van der Waals surface area contributed by atoms with Crippen LogP contribution in [-0.4, -0.2) is 12.5 Å². The third kappa shape index (κ3) is 2.56. The van der Waals surface area contributed by atoms with Crippen LogP contribution in [0.15, 0.2) is 48.5 Å². The van der Waals surface area contributed by atoms with E-state index in [2.05, 4.69) is 5.32 Å². The molecular formula is C17H16ClNO. The van der Waals surface area contributed by atoms with Gasteiger partial charge in [0.05, 0.1) is 5.38 Å². The number of alkyl halides is 1. The highest BCUT2D eigenvalue weighted by Crippen LogP contribution is 2.30. The van der Waals surface area contributed by atoms with Crippen molar-refractivity contribution in [2.45, 2.75) is 18.2 Å². The van der Waals surface area contributed by atoms with Gasteiger partial charge in [0.1, 0.15) is 0 Å². The molecule has 3 rings (SSSR count). The number of aryl methyl sites for hydroxylation is 1. The molecule has 2 aromatic carbocycles. The maximum Gasteiger partial charge on any atom is 0.251 e. The molecule has 1 heterocycles. The lowest BCUT2D eigenvalue weighted by Gasteiger charge is -2.13. The van der Waals surface area contributed by atoms with Crippen LogP contribution in [-0.2, 0) is 6.42 Å². The first kappa shape index (κ1) is 13.2. The summed E-state index contributed by atoms with van der Waals surface area (Å²) >= 11 is 6.53. The second-order valence-corrected chi connectivity index (χ2v) is 5.49. The minimum atomic E-state index is -0.224. The van der Waals surface area contributed by atoms with Gasteiger partial charge in [-0.1, -0.05) is 42.5 Å². The van der Waals surface area contributed by atoms with Crippen LogP contribution >= 0.6 is 11.6 Å². The molecule has 20 heavy (non-hydrogen) atoms. The molecule has 1 amide bonds. The first-order valence-electron chi connectivity index (χ1n) is 6.86. The molecule has 1 N–H and O–H groups in total. The first-order valence-corrected chi connectivity index (χ1v) is 7.29. The highest BCUT2D eigenvalue weighted by molar-refractivity contribution is 6.22. The van der Waals surface area contributed by atoms with Gasteiger partial charge in [0, 0.05) is 12.1 Å². The van der Waals surface area contributed by atoms with E-state index in [9.17, 15) is 4.79 Å². The summed E-state index contributed by atoms with van der Waals surface area (Å²) in [6, 6.07) is 15.9. The summed E-state index contributed by atoms with van der Waals surface area (Å²) in [5.41, 5.74) is 3.89. The number of carbonyl (C=O) groups is 1. The van der Waals surface area contributed by atoms with Crippen molar-refractivity contribution >= 4 is 17.5 Å². The molecule has 0 aliphatic carbocycles. The van der Waals surface area contributed by atoms with E-state index in [1.165, 1.54) is 0 Å². The van der Waals surface area contributed by atoms with Crippen LogP contribution in [0.2, 0.25) is 0 Å². The third-order valence-corrected chi connectivity index (χ3v) is 4.18. The highest BCUT2D eigenvalue weighted by atomic mass is 35.5. The van der Waals surface area contributed by atoms with E-state index in [1.54, 1.807) is 0 Å². The smallest absolute Gasteiger partial charge is 0.251 e. The van der Waals surface area contributed by atoms with Crippen LogP contribution in [0.1, 0.15) is 38.8 Å². The van der Waals surface area contributed by atoms with Gasteiger partial charge in [-0.15, -0.1) is 11.6 Å². The molecule has 102 valence electrons. The average Bonchev–Trinajstić information content (AvgIpc) is 2.69. The van der Waals surface area contributed by atoms with E-state index >= 15 is 0 Å². The number of amides is 1. The lowest BCUT2D eigenvalue weighted by Crippen LogP contribution is -2.22. The molecule has 0 radical (unpaired) electrons. The molecule has 0 saturated carbocycles. The fourth-order valence-corrected chi connectivity index (χ4v) is 2.85. The molecule has 1 aliphatic rings. The molecule has 1 atom stereocenters. The molecule has 0 spiro atoms. The van der Waals surface area contributed by atoms with Crippen molar-refractivity contribution in [2.75, 3.05) is 6.54 Å². The van der Waals surface area contributed by atoms with Gasteiger partial charge in [0.15, 0.2) is 0 Å². The van der Waals surface area contributed by atoms with Gasteiger partial charge in [0.25, 0.3) is 5.91 Å². The van der Waals surface area contributed by atoms with Gasteiger partial charge in [-0.2, -0.15) is 0 Å². The van der Waals surface area contributed by atoms with E-state index in [4.69, 9.17) is 11.6 Å². The second kappa shape index (κ2) is 5.68. The third-order valence-electron chi connectivity index (χ3n) is 3.67. The Morgan fingerprint density at radius 1 is 1.05 bits per heavy atom. The molecule has 2 aromatic rings. The number of hydrogen-bond acceptors (Lipinski definition) is 1. The van der Waals surface area contributed by atoms with E-state index in [-0.39, 0.29) is 11.3 Å². The Kier molecular flexibility index (Phi) is 3.75. The molecule has 0 aromatic heterocycles. The fraction of sp³-hybridized carbons (Fsp3) is 0.235. The van der Waals surface area contributed by atoms with E-state index in [1.807, 2.05) is 48.5 Å². The van der Waals surface area contributed by atoms with Crippen LogP contribution in [0.3, 0.4) is 0 Å². The zero-order chi connectivity index (χ0) is 13.9. The van der Waals surface area contributed by atoms with Crippen molar-refractivity contribution in [2.24, 2.45) is 0 Å². The number of fused-ring (bicyclic) bond motifs is 1. The van der Waals surface area contributed by atoms with Crippen LogP contribution in [0.4, 0.5) is 0 Å². The number of benzene rings is 2. The van der Waals surface area contributed by atoms with E-state index in [0.717, 1.165) is 41.6 Å². The average molecular weight is 286 g/mol. The number of carbonyl (C=O) groups excluding carboxylic acids is 1. The molecule has 1 aliphatic heterocycles. The van der Waals surface area contributed by atoms with Gasteiger partial charge < -0.3 is 5.32 Å². The van der Waals surface area contributed by atoms with E-state index < -0.39 is 0 Å². The topological polar surface area (TPSA) is 29.1 Å². The van der Waals surface area contributed by atoms with Gasteiger partial charge in [-0.3, -0.25) is 4.79 Å². The van der Waals surface area contributed by atoms with Crippen molar-refractivity contribution in [3.05, 3.63) is 70.8 Å². The summed E-state index contributed by atoms with van der Waals surface area (Å²) in [5, 5.41) is 2.70. The predicted molar refractivity (Wildman–Crippen MR) is 81.2 cm³/mol. The van der Waals surface area contributed by atoms with Gasteiger partial charge in [-0.25, -0.2) is 0 Å². The zero-order valence-electron chi connectivity index (χ0n) is 11.1. The summed E-state index contributed by atoms with van der Waals surface area (Å²) in [4.78, 5) is 12.1. The Bertz CT molecular complexity index is 624. The summed E-state index contributed by atoms with van der Waals surface area (Å²) in [6.07, 6.45) is 1.92. The first-order chi connectivity index (χ1) is 9.75. The van der Waals surface area contributed by atoms with Crippen LogP contribution in [0.25, 0.3) is 0 Å². The summed E-state index contributed by atoms with van der Waals surface area (Å²) in [5.74, 6) is 0.0104. The summed E-state index contributed by atoms with van der Waals surface area (Å²) in [6.45, 7) is 0.742. The van der Waals surface area contributed by atoms with Gasteiger partial charge in [-0.05, 0) is 35.6 Å². The number of nitrogens with one attached hydrogen (secondary N) is 1. The maximum atomic E-state index is 12.1. The molecular weight excluding hydrogens is 270 g/mol. The minimum Gasteiger partial charge on any atom is -0.352 e. The largest absolute Gasteiger partial charge is 0.352 e. The lowest BCUT2D eigenvalue weighted by molar-refractivity contribution is 0.0956. The standard InChI is InChI=1S/C17H16ClNO/c18-16(13-5-2-1-3-6-13)14-9-8-12-7-4-10-19-17(20)15(12)11-14/h1-3,5-6,8-9,11,16H,4,7,10H2,(H,19,20). The Hall–Kier alpha value is -1.80. The summed E-state index contributed by atoms with van der Waals surface area (Å²) in [7, 11) is 0. The van der Waals surface area contributed by atoms with Crippen molar-refractivity contribution in [1.82, 2.24) is 5.32 Å². The summed E-state index contributed by atoms with van der Waals surface area (Å²) < 4.78 is 0. The fourth-order valence-electron chi connectivity index (χ4n) is 2.57. The van der Waals surface area contributed by atoms with Gasteiger partial charge in [0.2, 0.25) is 0 Å². The normalized spacial score (nSPS) is 15.9. The quantitative estimate of drug-likeness (QED) is 0.838. The zero-order valence-corrected chi connectivity index (χ0v) is 11.9. The highest BCUT2D eigenvalue weighted by Gasteiger charge is 2.18. The Balaban J connectivity index is 1.98. The lowest BCUT2D eigenvalue weighted by atomic mass is 9.97. The second-order valence-electron chi connectivity index (χ2n) is 5.05. The van der Waals surface area contributed by atoms with Gasteiger partial charge >= 0.3 is 0 Å². The van der Waals surface area contributed by atoms with Crippen molar-refractivity contribution < 1.29 is 4.79 Å². The number of rotatable bonds is 2. The Morgan fingerprint density at radius 2 is 1.85 bits per heavy atom.